The number of nitrogens with two attached hydrogens (primary N) is 1. The van der Waals surface area contributed by atoms with E-state index in [0.29, 0.717) is 57.5 Å². The molecule has 3 rings (SSSR count). The standard InChI is InChI=1S/C27H40N4O5.C2HF3O2/c1-2-3-9-22(27(35)36-26(34)20-12-14-29-15-13-20)30-25(33)23(17-19-10-11-19)31-24(32)21(28)16-18-7-5-4-6-8-18;3-2(4,5)1(6)7/h4-8,19-23,29H,2-3,9-17,28H2,1H3,(H,30,33)(H,31,32);(H,6,7)/t21-,22?,23-;/m1./s1. The number of carbonyl (C=O) groups is 5. The molecule has 2 fully saturated rings. The topological polar surface area (TPSA) is 177 Å². The maximum Gasteiger partial charge on any atom is 0.490 e. The van der Waals surface area contributed by atoms with Crippen molar-refractivity contribution in [3.05, 3.63) is 35.9 Å². The Morgan fingerprint density at radius 2 is 1.58 bits per heavy atom. The molecule has 0 radical (unpaired) electrons. The highest BCUT2D eigenvalue weighted by Gasteiger charge is 2.38. The van der Waals surface area contributed by atoms with E-state index in [2.05, 4.69) is 16.0 Å². The van der Waals surface area contributed by atoms with Crippen LogP contribution in [-0.4, -0.2) is 72.2 Å². The molecular formula is C29H41F3N4O7. The normalized spacial score (nSPS) is 17.3. The summed E-state index contributed by atoms with van der Waals surface area (Å²) >= 11 is 0. The van der Waals surface area contributed by atoms with Crippen LogP contribution in [-0.2, 0) is 35.1 Å². The highest BCUT2D eigenvalue weighted by molar-refractivity contribution is 5.94. The van der Waals surface area contributed by atoms with Gasteiger partial charge in [-0.05, 0) is 56.7 Å². The number of carbonyl (C=O) groups excluding carboxylic acids is 4. The van der Waals surface area contributed by atoms with Crippen LogP contribution in [0.5, 0.6) is 0 Å². The van der Waals surface area contributed by atoms with Gasteiger partial charge in [0.1, 0.15) is 12.1 Å². The molecule has 0 bridgehead atoms. The SMILES string of the molecule is CCCCC(NC(=O)[C@@H](CC1CC1)NC(=O)[C@H](N)Cc1ccccc1)C(=O)OC(=O)C1CCNCC1.O=C(O)C(F)(F)F. The van der Waals surface area contributed by atoms with Gasteiger partial charge in [0.05, 0.1) is 12.0 Å². The summed E-state index contributed by atoms with van der Waals surface area (Å²) in [5.74, 6) is -4.85. The van der Waals surface area contributed by atoms with Gasteiger partial charge >= 0.3 is 24.1 Å². The summed E-state index contributed by atoms with van der Waals surface area (Å²) in [4.78, 5) is 60.3. The summed E-state index contributed by atoms with van der Waals surface area (Å²) in [5, 5.41) is 15.9. The van der Waals surface area contributed by atoms with Gasteiger partial charge in [-0.1, -0.05) is 62.9 Å². The van der Waals surface area contributed by atoms with Gasteiger partial charge < -0.3 is 31.5 Å². The fraction of sp³-hybridized carbons (Fsp3) is 0.621. The fourth-order valence-electron chi connectivity index (χ4n) is 4.40. The lowest BCUT2D eigenvalue weighted by Crippen LogP contribution is -2.55. The molecule has 3 atom stereocenters. The van der Waals surface area contributed by atoms with Gasteiger partial charge in [0, 0.05) is 0 Å². The van der Waals surface area contributed by atoms with E-state index in [1.54, 1.807) is 0 Å². The first-order valence-electron chi connectivity index (χ1n) is 14.5. The molecule has 0 spiro atoms. The van der Waals surface area contributed by atoms with Crippen LogP contribution >= 0.6 is 0 Å². The second kappa shape index (κ2) is 17.6. The molecular weight excluding hydrogens is 573 g/mol. The van der Waals surface area contributed by atoms with Crippen LogP contribution in [0.25, 0.3) is 0 Å². The van der Waals surface area contributed by atoms with E-state index in [-0.39, 0.29) is 5.92 Å². The number of rotatable bonds is 13. The van der Waals surface area contributed by atoms with Crippen molar-refractivity contribution in [2.45, 2.75) is 89.0 Å². The van der Waals surface area contributed by atoms with Crippen molar-refractivity contribution in [1.82, 2.24) is 16.0 Å². The molecule has 0 aromatic heterocycles. The van der Waals surface area contributed by atoms with E-state index in [0.717, 1.165) is 24.8 Å². The number of carboxylic acid groups (broad SMARTS) is 1. The lowest BCUT2D eigenvalue weighted by Gasteiger charge is -2.25. The molecule has 2 amide bonds. The maximum absolute atomic E-state index is 13.2. The summed E-state index contributed by atoms with van der Waals surface area (Å²) in [5.41, 5.74) is 7.06. The number of hydrogen-bond acceptors (Lipinski definition) is 8. The number of esters is 2. The van der Waals surface area contributed by atoms with E-state index in [1.807, 2.05) is 37.3 Å². The summed E-state index contributed by atoms with van der Waals surface area (Å²) in [7, 11) is 0. The van der Waals surface area contributed by atoms with Crippen LogP contribution in [0.3, 0.4) is 0 Å². The largest absolute Gasteiger partial charge is 0.490 e. The number of benzene rings is 1. The van der Waals surface area contributed by atoms with Crippen LogP contribution in [0.1, 0.15) is 63.9 Å². The third kappa shape index (κ3) is 13.5. The van der Waals surface area contributed by atoms with Crippen molar-refractivity contribution in [2.75, 3.05) is 13.1 Å². The third-order valence-corrected chi connectivity index (χ3v) is 7.10. The molecule has 1 saturated carbocycles. The molecule has 1 aliphatic carbocycles. The number of aliphatic carboxylic acids is 1. The van der Waals surface area contributed by atoms with Gasteiger partial charge in [-0.3, -0.25) is 14.4 Å². The zero-order valence-corrected chi connectivity index (χ0v) is 24.2. The lowest BCUT2D eigenvalue weighted by molar-refractivity contribution is -0.192. The summed E-state index contributed by atoms with van der Waals surface area (Å²) in [6.07, 6.45) is 0.866. The van der Waals surface area contributed by atoms with Crippen molar-refractivity contribution in [2.24, 2.45) is 17.6 Å². The van der Waals surface area contributed by atoms with Gasteiger partial charge in [-0.15, -0.1) is 0 Å². The number of ether oxygens (including phenoxy) is 1. The predicted molar refractivity (Wildman–Crippen MR) is 149 cm³/mol. The number of amides is 2. The molecule has 240 valence electrons. The Hall–Kier alpha value is -3.52. The van der Waals surface area contributed by atoms with E-state index in [4.69, 9.17) is 20.4 Å². The van der Waals surface area contributed by atoms with Gasteiger partial charge in [-0.25, -0.2) is 9.59 Å². The van der Waals surface area contributed by atoms with Gasteiger partial charge in [0.2, 0.25) is 11.8 Å². The Labute approximate surface area is 248 Å². The number of alkyl halides is 3. The molecule has 1 aromatic rings. The quantitative estimate of drug-likeness (QED) is 0.165. The van der Waals surface area contributed by atoms with Crippen molar-refractivity contribution < 1.29 is 47.0 Å². The van der Waals surface area contributed by atoms with Crippen molar-refractivity contribution >= 4 is 29.7 Å². The lowest BCUT2D eigenvalue weighted by atomic mass is 9.98. The van der Waals surface area contributed by atoms with Crippen LogP contribution in [0.15, 0.2) is 30.3 Å². The number of unbranched alkanes of at least 4 members (excludes halogenated alkanes) is 1. The van der Waals surface area contributed by atoms with E-state index < -0.39 is 54.0 Å². The van der Waals surface area contributed by atoms with Crippen LogP contribution in [0.2, 0.25) is 0 Å². The molecule has 2 aliphatic rings. The van der Waals surface area contributed by atoms with Crippen LogP contribution in [0.4, 0.5) is 13.2 Å². The Morgan fingerprint density at radius 1 is 1.00 bits per heavy atom. The van der Waals surface area contributed by atoms with Crippen LogP contribution in [0, 0.1) is 11.8 Å². The van der Waals surface area contributed by atoms with Gasteiger partial charge in [-0.2, -0.15) is 13.2 Å². The minimum atomic E-state index is -5.08. The number of halogens is 3. The highest BCUT2D eigenvalue weighted by Crippen LogP contribution is 2.33. The zero-order valence-electron chi connectivity index (χ0n) is 24.2. The minimum Gasteiger partial charge on any atom is -0.475 e. The Bertz CT molecular complexity index is 1080. The van der Waals surface area contributed by atoms with E-state index in [1.165, 1.54) is 0 Å². The molecule has 1 aromatic carbocycles. The predicted octanol–water partition coefficient (Wildman–Crippen LogP) is 2.22. The molecule has 11 nitrogen and oxygen atoms in total. The number of piperidine rings is 1. The Balaban J connectivity index is 0.000000821. The van der Waals surface area contributed by atoms with Crippen molar-refractivity contribution in [3.63, 3.8) is 0 Å². The molecule has 43 heavy (non-hydrogen) atoms. The third-order valence-electron chi connectivity index (χ3n) is 7.10. The van der Waals surface area contributed by atoms with Crippen molar-refractivity contribution in [1.29, 1.82) is 0 Å². The fourth-order valence-corrected chi connectivity index (χ4v) is 4.40. The Morgan fingerprint density at radius 3 is 2.12 bits per heavy atom. The smallest absolute Gasteiger partial charge is 0.475 e. The van der Waals surface area contributed by atoms with Crippen molar-refractivity contribution in [3.8, 4) is 0 Å². The number of nitrogens with one attached hydrogen (secondary N) is 3. The first-order chi connectivity index (χ1) is 20.3. The summed E-state index contributed by atoms with van der Waals surface area (Å²) in [6, 6.07) is 6.91. The average molecular weight is 615 g/mol. The van der Waals surface area contributed by atoms with E-state index in [9.17, 15) is 32.3 Å². The number of hydrogen-bond donors (Lipinski definition) is 5. The zero-order chi connectivity index (χ0) is 32.0. The maximum atomic E-state index is 13.2. The molecule has 6 N–H and O–H groups in total. The van der Waals surface area contributed by atoms with Gasteiger partial charge in [0.25, 0.3) is 0 Å². The molecule has 14 heteroatoms. The summed E-state index contributed by atoms with van der Waals surface area (Å²) in [6.45, 7) is 3.40. The minimum absolute atomic E-state index is 0.314. The highest BCUT2D eigenvalue weighted by atomic mass is 19.4. The molecule has 1 unspecified atom stereocenters. The molecule has 1 heterocycles. The average Bonchev–Trinajstić information content (AvgIpc) is 3.79. The monoisotopic (exact) mass is 614 g/mol. The van der Waals surface area contributed by atoms with Crippen LogP contribution < -0.4 is 21.7 Å². The molecule has 1 aliphatic heterocycles. The first kappa shape index (κ1) is 35.7. The second-order valence-electron chi connectivity index (χ2n) is 10.8. The number of carboxylic acids is 1. The van der Waals surface area contributed by atoms with E-state index >= 15 is 0 Å². The molecule has 1 saturated heterocycles. The second-order valence-corrected chi connectivity index (χ2v) is 10.8. The summed E-state index contributed by atoms with van der Waals surface area (Å²) < 4.78 is 36.9. The first-order valence-corrected chi connectivity index (χ1v) is 14.5. The Kier molecular flexibility index (Phi) is 14.6. The van der Waals surface area contributed by atoms with Gasteiger partial charge in [0.15, 0.2) is 0 Å².